The summed E-state index contributed by atoms with van der Waals surface area (Å²) in [5.41, 5.74) is 0.967. The average molecular weight is 208 g/mol. The molecular weight excluding hydrogens is 191 g/mol. The minimum absolute atomic E-state index is 0.228. The van der Waals surface area contributed by atoms with Crippen molar-refractivity contribution in [1.29, 1.82) is 0 Å². The van der Waals surface area contributed by atoms with Gasteiger partial charge in [-0.1, -0.05) is 25.5 Å². The third-order valence-electron chi connectivity index (χ3n) is 3.12. The Kier molecular flexibility index (Phi) is 3.24. The van der Waals surface area contributed by atoms with Gasteiger partial charge in [-0.3, -0.25) is 0 Å². The molecule has 15 heavy (non-hydrogen) atoms. The van der Waals surface area contributed by atoms with E-state index in [-0.39, 0.29) is 5.82 Å². The molecule has 1 saturated carbocycles. The summed E-state index contributed by atoms with van der Waals surface area (Å²) in [5, 5.41) is 0. The second-order valence-corrected chi connectivity index (χ2v) is 4.19. The number of para-hydroxylation sites is 1. The number of ether oxygens (including phenoxy) is 1. The van der Waals surface area contributed by atoms with Gasteiger partial charge >= 0.3 is 0 Å². The fraction of sp³-hybridized carbons (Fsp3) is 0.538. The number of benzene rings is 1. The van der Waals surface area contributed by atoms with E-state index in [0.29, 0.717) is 18.3 Å². The SMILES string of the molecule is CCc1cccc(F)c1OCC1CCC1. The Balaban J connectivity index is 2.04. The number of hydrogen-bond donors (Lipinski definition) is 0. The maximum absolute atomic E-state index is 13.5. The lowest BCUT2D eigenvalue weighted by Crippen LogP contribution is -2.20. The van der Waals surface area contributed by atoms with Gasteiger partial charge in [0.25, 0.3) is 0 Å². The van der Waals surface area contributed by atoms with Crippen LogP contribution in [0.3, 0.4) is 0 Å². The normalized spacial score (nSPS) is 16.1. The van der Waals surface area contributed by atoms with Crippen molar-refractivity contribution in [2.24, 2.45) is 5.92 Å². The Bertz CT molecular complexity index is 331. The molecule has 1 aliphatic carbocycles. The monoisotopic (exact) mass is 208 g/mol. The van der Waals surface area contributed by atoms with Crippen LogP contribution in [0.25, 0.3) is 0 Å². The molecule has 0 saturated heterocycles. The van der Waals surface area contributed by atoms with Crippen LogP contribution in [-0.2, 0) is 6.42 Å². The molecule has 0 atom stereocenters. The molecule has 0 aromatic heterocycles. The van der Waals surface area contributed by atoms with Crippen LogP contribution in [0.1, 0.15) is 31.7 Å². The van der Waals surface area contributed by atoms with E-state index in [2.05, 4.69) is 0 Å². The third kappa shape index (κ3) is 2.31. The quantitative estimate of drug-likeness (QED) is 0.735. The van der Waals surface area contributed by atoms with E-state index < -0.39 is 0 Å². The molecule has 2 rings (SSSR count). The maximum Gasteiger partial charge on any atom is 0.165 e. The van der Waals surface area contributed by atoms with Gasteiger partial charge in [-0.15, -0.1) is 0 Å². The summed E-state index contributed by atoms with van der Waals surface area (Å²) in [6.45, 7) is 2.69. The van der Waals surface area contributed by atoms with E-state index in [1.165, 1.54) is 25.3 Å². The first kappa shape index (κ1) is 10.5. The molecule has 0 amide bonds. The standard InChI is InChI=1S/C13H17FO/c1-2-11-7-4-8-12(14)13(11)15-9-10-5-3-6-10/h4,7-8,10H,2-3,5-6,9H2,1H3. The van der Waals surface area contributed by atoms with Crippen LogP contribution in [0, 0.1) is 11.7 Å². The van der Waals surface area contributed by atoms with Crippen molar-refractivity contribution in [2.75, 3.05) is 6.61 Å². The van der Waals surface area contributed by atoms with Crippen LogP contribution in [0.15, 0.2) is 18.2 Å². The van der Waals surface area contributed by atoms with Crippen molar-refractivity contribution in [3.63, 3.8) is 0 Å². The highest BCUT2D eigenvalue weighted by Gasteiger charge is 2.19. The Hall–Kier alpha value is -1.05. The predicted octanol–water partition coefficient (Wildman–Crippen LogP) is 3.57. The van der Waals surface area contributed by atoms with Crippen molar-refractivity contribution in [3.8, 4) is 5.75 Å². The topological polar surface area (TPSA) is 9.23 Å². The van der Waals surface area contributed by atoms with Crippen LogP contribution in [0.4, 0.5) is 4.39 Å². The van der Waals surface area contributed by atoms with E-state index in [1.807, 2.05) is 13.0 Å². The summed E-state index contributed by atoms with van der Waals surface area (Å²) in [6, 6.07) is 5.14. The summed E-state index contributed by atoms with van der Waals surface area (Å²) in [4.78, 5) is 0. The molecule has 0 N–H and O–H groups in total. The van der Waals surface area contributed by atoms with Crippen molar-refractivity contribution < 1.29 is 9.13 Å². The molecule has 2 heteroatoms. The van der Waals surface area contributed by atoms with Gasteiger partial charge in [0.05, 0.1) is 6.61 Å². The molecule has 1 aliphatic rings. The minimum Gasteiger partial charge on any atom is -0.490 e. The van der Waals surface area contributed by atoms with Gasteiger partial charge in [-0.2, -0.15) is 0 Å². The Morgan fingerprint density at radius 1 is 1.40 bits per heavy atom. The summed E-state index contributed by atoms with van der Waals surface area (Å²) < 4.78 is 19.1. The second kappa shape index (κ2) is 4.65. The molecule has 1 aromatic rings. The summed E-state index contributed by atoms with van der Waals surface area (Å²) in [7, 11) is 0. The molecular formula is C13H17FO. The molecule has 0 bridgehead atoms. The lowest BCUT2D eigenvalue weighted by molar-refractivity contribution is 0.174. The first-order chi connectivity index (χ1) is 7.31. The smallest absolute Gasteiger partial charge is 0.165 e. The van der Waals surface area contributed by atoms with Crippen LogP contribution < -0.4 is 4.74 Å². The van der Waals surface area contributed by atoms with Crippen molar-refractivity contribution >= 4 is 0 Å². The third-order valence-corrected chi connectivity index (χ3v) is 3.12. The first-order valence-corrected chi connectivity index (χ1v) is 5.71. The molecule has 0 radical (unpaired) electrons. The maximum atomic E-state index is 13.5. The number of hydrogen-bond acceptors (Lipinski definition) is 1. The van der Waals surface area contributed by atoms with Gasteiger partial charge in [0.2, 0.25) is 0 Å². The minimum atomic E-state index is -0.228. The van der Waals surface area contributed by atoms with E-state index in [4.69, 9.17) is 4.74 Å². The number of rotatable bonds is 4. The molecule has 0 spiro atoms. The molecule has 0 unspecified atom stereocenters. The number of halogens is 1. The highest BCUT2D eigenvalue weighted by Crippen LogP contribution is 2.29. The van der Waals surface area contributed by atoms with Gasteiger partial charge < -0.3 is 4.74 Å². The highest BCUT2D eigenvalue weighted by atomic mass is 19.1. The predicted molar refractivity (Wildman–Crippen MR) is 58.6 cm³/mol. The van der Waals surface area contributed by atoms with Gasteiger partial charge in [0.1, 0.15) is 0 Å². The Morgan fingerprint density at radius 2 is 2.20 bits per heavy atom. The van der Waals surface area contributed by atoms with Gasteiger partial charge in [-0.25, -0.2) is 4.39 Å². The average Bonchev–Trinajstić information content (AvgIpc) is 2.17. The van der Waals surface area contributed by atoms with Crippen molar-refractivity contribution in [2.45, 2.75) is 32.6 Å². The Morgan fingerprint density at radius 3 is 2.80 bits per heavy atom. The van der Waals surface area contributed by atoms with Crippen LogP contribution in [-0.4, -0.2) is 6.61 Å². The van der Waals surface area contributed by atoms with Gasteiger partial charge in [-0.05, 0) is 36.8 Å². The molecule has 1 aromatic carbocycles. The van der Waals surface area contributed by atoms with Crippen molar-refractivity contribution in [3.05, 3.63) is 29.6 Å². The summed E-state index contributed by atoms with van der Waals surface area (Å²) >= 11 is 0. The van der Waals surface area contributed by atoms with Crippen molar-refractivity contribution in [1.82, 2.24) is 0 Å². The molecule has 0 heterocycles. The van der Waals surface area contributed by atoms with E-state index in [0.717, 1.165) is 12.0 Å². The van der Waals surface area contributed by atoms with E-state index >= 15 is 0 Å². The van der Waals surface area contributed by atoms with E-state index in [1.54, 1.807) is 6.07 Å². The summed E-state index contributed by atoms with van der Waals surface area (Å²) in [5.74, 6) is 0.884. The first-order valence-electron chi connectivity index (χ1n) is 5.71. The molecule has 82 valence electrons. The van der Waals surface area contributed by atoms with Gasteiger partial charge in [0, 0.05) is 0 Å². The molecule has 1 fully saturated rings. The Labute approximate surface area is 90.3 Å². The van der Waals surface area contributed by atoms with E-state index in [9.17, 15) is 4.39 Å². The van der Waals surface area contributed by atoms with Crippen LogP contribution in [0.2, 0.25) is 0 Å². The lowest BCUT2D eigenvalue weighted by atomic mass is 9.86. The highest BCUT2D eigenvalue weighted by molar-refractivity contribution is 5.34. The van der Waals surface area contributed by atoms with Crippen LogP contribution >= 0.6 is 0 Å². The largest absolute Gasteiger partial charge is 0.490 e. The molecule has 0 aliphatic heterocycles. The zero-order valence-corrected chi connectivity index (χ0v) is 9.13. The van der Waals surface area contributed by atoms with Crippen LogP contribution in [0.5, 0.6) is 5.75 Å². The fourth-order valence-electron chi connectivity index (χ4n) is 1.85. The fourth-order valence-corrected chi connectivity index (χ4v) is 1.85. The molecule has 1 nitrogen and oxygen atoms in total. The lowest BCUT2D eigenvalue weighted by Gasteiger charge is -2.25. The zero-order valence-electron chi connectivity index (χ0n) is 9.13. The number of aryl methyl sites for hydroxylation is 1. The zero-order chi connectivity index (χ0) is 10.7. The second-order valence-electron chi connectivity index (χ2n) is 4.19. The van der Waals surface area contributed by atoms with Gasteiger partial charge in [0.15, 0.2) is 11.6 Å². The summed E-state index contributed by atoms with van der Waals surface area (Å²) in [6.07, 6.45) is 4.58.